The Bertz CT molecular complexity index is 3800. The average molecular weight is 1280 g/mol. The third-order valence-corrected chi connectivity index (χ3v) is 13.3. The zero-order valence-electron chi connectivity index (χ0n) is 55.0. The summed E-state index contributed by atoms with van der Waals surface area (Å²) in [5, 5.41) is 25.0. The highest BCUT2D eigenvalue weighted by atomic mass is 16.5. The fourth-order valence-corrected chi connectivity index (χ4v) is 8.29. The number of hydrogen-bond acceptors (Lipinski definition) is 17. The van der Waals surface area contributed by atoms with Gasteiger partial charge >= 0.3 is 12.1 Å². The van der Waals surface area contributed by atoms with Gasteiger partial charge < -0.3 is 78.8 Å². The van der Waals surface area contributed by atoms with Crippen molar-refractivity contribution in [3.8, 4) is 5.75 Å². The number of methoxy groups -OCH3 is 1. The van der Waals surface area contributed by atoms with Gasteiger partial charge in [-0.25, -0.2) is 24.5 Å². The van der Waals surface area contributed by atoms with Gasteiger partial charge in [0.1, 0.15) is 46.4 Å². The predicted octanol–water partition coefficient (Wildman–Crippen LogP) is 9.07. The second-order valence-corrected chi connectivity index (χ2v) is 24.6. The number of Topliss-reactive ketones (excluding diaryl/α,β-unsaturated/α-hetero) is 3. The maximum atomic E-state index is 12.7. The van der Waals surface area contributed by atoms with E-state index in [2.05, 4.69) is 51.8 Å². The summed E-state index contributed by atoms with van der Waals surface area (Å²) in [5.74, 6) is 0.0799. The number of likely N-dealkylation sites (N-methyl/N-ethyl adjacent to an activating group) is 1. The number of anilines is 4. The van der Waals surface area contributed by atoms with Gasteiger partial charge in [0.15, 0.2) is 17.3 Å². The molecule has 0 saturated carbocycles. The molecular formula is C67H87N13O13. The van der Waals surface area contributed by atoms with Crippen molar-refractivity contribution in [3.05, 3.63) is 150 Å². The number of ether oxygens (including phenoxy) is 5. The first-order valence-electron chi connectivity index (χ1n) is 30.3. The van der Waals surface area contributed by atoms with Gasteiger partial charge in [-0.05, 0) is 99.0 Å². The van der Waals surface area contributed by atoms with E-state index in [1.165, 1.54) is 0 Å². The minimum absolute atomic E-state index is 0.0428. The molecule has 0 bridgehead atoms. The molecule has 6 aromatic heterocycles. The number of ketones is 3. The molecular weight excluding hydrogens is 1190 g/mol. The number of amides is 6. The minimum Gasteiger partial charge on any atom is -0.491 e. The van der Waals surface area contributed by atoms with Crippen molar-refractivity contribution in [1.29, 1.82) is 0 Å². The summed E-state index contributed by atoms with van der Waals surface area (Å²) in [7, 11) is 5.63. The molecule has 0 spiro atoms. The normalized spacial score (nSPS) is 11.5. The number of benzene rings is 2. The molecule has 0 fully saturated rings. The van der Waals surface area contributed by atoms with Crippen molar-refractivity contribution in [1.82, 2.24) is 43.7 Å². The van der Waals surface area contributed by atoms with Crippen LogP contribution in [0.1, 0.15) is 114 Å². The summed E-state index contributed by atoms with van der Waals surface area (Å²) in [4.78, 5) is 102. The van der Waals surface area contributed by atoms with Crippen molar-refractivity contribution in [2.24, 2.45) is 16.2 Å². The summed E-state index contributed by atoms with van der Waals surface area (Å²) >= 11 is 0. The third-order valence-electron chi connectivity index (χ3n) is 13.3. The van der Waals surface area contributed by atoms with Crippen LogP contribution in [0.2, 0.25) is 0 Å². The van der Waals surface area contributed by atoms with Gasteiger partial charge in [-0.2, -0.15) is 0 Å². The van der Waals surface area contributed by atoms with Crippen molar-refractivity contribution in [2.75, 3.05) is 122 Å². The lowest BCUT2D eigenvalue weighted by Crippen LogP contribution is -2.31. The van der Waals surface area contributed by atoms with Crippen LogP contribution in [0, 0.1) is 16.2 Å². The highest BCUT2D eigenvalue weighted by Crippen LogP contribution is 2.25. The van der Waals surface area contributed by atoms with Gasteiger partial charge in [-0.15, -0.1) is 0 Å². The largest absolute Gasteiger partial charge is 0.491 e. The number of carbonyl (C=O) groups excluding carboxylic acids is 7. The van der Waals surface area contributed by atoms with Crippen LogP contribution in [0.15, 0.2) is 122 Å². The molecule has 8 rings (SSSR count). The summed E-state index contributed by atoms with van der Waals surface area (Å²) in [6, 6.07) is 22.9. The van der Waals surface area contributed by atoms with Gasteiger partial charge in [0.25, 0.3) is 11.8 Å². The van der Waals surface area contributed by atoms with Gasteiger partial charge in [0, 0.05) is 96.5 Å². The quantitative estimate of drug-likeness (QED) is 0.0186. The molecule has 26 heteroatoms. The molecule has 0 aliphatic carbocycles. The molecule has 8 aromatic rings. The first-order valence-corrected chi connectivity index (χ1v) is 30.3. The Morgan fingerprint density at radius 2 is 0.806 bits per heavy atom. The molecule has 2 aromatic carbocycles. The Hall–Kier alpha value is -9.44. The predicted molar refractivity (Wildman–Crippen MR) is 355 cm³/mol. The second-order valence-electron chi connectivity index (χ2n) is 24.6. The van der Waals surface area contributed by atoms with Crippen molar-refractivity contribution in [3.63, 3.8) is 0 Å². The van der Waals surface area contributed by atoms with Crippen molar-refractivity contribution in [2.45, 2.75) is 62.3 Å². The lowest BCUT2D eigenvalue weighted by Gasteiger charge is -2.13. The van der Waals surface area contributed by atoms with E-state index in [-0.39, 0.29) is 48.4 Å². The monoisotopic (exact) mass is 1280 g/mol. The van der Waals surface area contributed by atoms with E-state index in [9.17, 15) is 33.6 Å². The fourth-order valence-electron chi connectivity index (χ4n) is 8.29. The lowest BCUT2D eigenvalue weighted by atomic mass is 9.89. The van der Waals surface area contributed by atoms with Crippen molar-refractivity contribution >= 4 is 80.9 Å². The number of aromatic nitrogens is 6. The molecule has 0 aliphatic rings. The van der Waals surface area contributed by atoms with Gasteiger partial charge in [0.05, 0.1) is 70.4 Å². The van der Waals surface area contributed by atoms with E-state index in [0.29, 0.717) is 122 Å². The highest BCUT2D eigenvalue weighted by molar-refractivity contribution is 6.06. The standard InChI is InChI=1S/C27H35N5O6.C24H29N5O5.C16H23N3O2/c1-27(2,3)24(33)22-18-32-17-21(9-10-23(32)31-22)29-25(34)19-5-7-20(8-6-19)30-26(35)28-11-12-37-15-16-38-14-13-36-4;1-24(2,3)21(31)19-15-29-14-18(8-9-20(29)28-19)26-22(32)16-4-6-17(7-5-16)27-23(33)25-10-12-34-13-11-30;1-16(2,3)15(20)13-11-19-10-12(6-7-14(19)17-13)21-9-8-18(4)5/h5-10,17-18H,11-16H2,1-4H3,(H,29,34)(H2,28,30,35);4-9,14-15,30H,10-13H2,1-3H3,(H,26,32)(H2,25,27,33);6-7,10-11H,8-9H2,1-5H3. The van der Waals surface area contributed by atoms with Gasteiger partial charge in [-0.1, -0.05) is 62.3 Å². The van der Waals surface area contributed by atoms with Crippen LogP contribution in [0.5, 0.6) is 5.75 Å². The van der Waals surface area contributed by atoms with Crippen LogP contribution in [0.3, 0.4) is 0 Å². The summed E-state index contributed by atoms with van der Waals surface area (Å²) in [6.07, 6.45) is 10.3. The Kier molecular flexibility index (Phi) is 26.8. The van der Waals surface area contributed by atoms with E-state index in [1.54, 1.807) is 120 Å². The lowest BCUT2D eigenvalue weighted by molar-refractivity contribution is 0.0260. The molecule has 498 valence electrons. The summed E-state index contributed by atoms with van der Waals surface area (Å²) in [5.41, 5.74) is 4.74. The number of fused-ring (bicyclic) bond motifs is 3. The van der Waals surface area contributed by atoms with E-state index in [1.807, 2.05) is 99.1 Å². The number of aliphatic hydroxyl groups excluding tert-OH is 1. The van der Waals surface area contributed by atoms with Gasteiger partial charge in [-0.3, -0.25) is 24.0 Å². The molecule has 0 unspecified atom stereocenters. The maximum absolute atomic E-state index is 12.7. The van der Waals surface area contributed by atoms with Gasteiger partial charge in [0.2, 0.25) is 0 Å². The summed E-state index contributed by atoms with van der Waals surface area (Å²) in [6.45, 7) is 21.7. The number of imidazole rings is 3. The topological polar surface area (TPSA) is 313 Å². The maximum Gasteiger partial charge on any atom is 0.319 e. The highest BCUT2D eigenvalue weighted by Gasteiger charge is 2.28. The van der Waals surface area contributed by atoms with E-state index >= 15 is 0 Å². The number of nitrogens with zero attached hydrogens (tertiary/aromatic N) is 7. The average Bonchev–Trinajstić information content (AvgIpc) is 1.69. The Morgan fingerprint density at radius 3 is 1.19 bits per heavy atom. The number of hydrogen-bond donors (Lipinski definition) is 7. The number of aliphatic hydroxyl groups is 1. The minimum atomic E-state index is -0.537. The number of rotatable bonds is 27. The van der Waals surface area contributed by atoms with Crippen LogP contribution in [0.25, 0.3) is 16.9 Å². The molecule has 26 nitrogen and oxygen atoms in total. The zero-order valence-corrected chi connectivity index (χ0v) is 55.0. The number of nitrogens with one attached hydrogen (secondary N) is 6. The smallest absolute Gasteiger partial charge is 0.319 e. The molecule has 6 amide bonds. The van der Waals surface area contributed by atoms with Crippen LogP contribution in [0.4, 0.5) is 32.3 Å². The number of urea groups is 2. The van der Waals surface area contributed by atoms with E-state index in [4.69, 9.17) is 28.8 Å². The van der Waals surface area contributed by atoms with Crippen molar-refractivity contribution < 1.29 is 62.4 Å². The molecule has 93 heavy (non-hydrogen) atoms. The Balaban J connectivity index is 0.000000230. The molecule has 0 aliphatic heterocycles. The Labute approximate surface area is 541 Å². The fraction of sp³-hybridized carbons (Fsp3) is 0.403. The second kappa shape index (κ2) is 34.3. The molecule has 0 atom stereocenters. The molecule has 0 radical (unpaired) electrons. The number of carbonyl (C=O) groups is 7. The van der Waals surface area contributed by atoms with Crippen LogP contribution >= 0.6 is 0 Å². The van der Waals surface area contributed by atoms with E-state index in [0.717, 1.165) is 17.9 Å². The zero-order chi connectivity index (χ0) is 67.9. The molecule has 6 heterocycles. The van der Waals surface area contributed by atoms with Crippen LogP contribution < -0.4 is 36.6 Å². The first-order chi connectivity index (χ1) is 44.1. The molecule has 0 saturated heterocycles. The number of pyridine rings is 3. The third kappa shape index (κ3) is 23.3. The molecule has 7 N–H and O–H groups in total. The summed E-state index contributed by atoms with van der Waals surface area (Å²) < 4.78 is 31.5. The Morgan fingerprint density at radius 1 is 0.441 bits per heavy atom. The van der Waals surface area contributed by atoms with E-state index < -0.39 is 22.3 Å². The van der Waals surface area contributed by atoms with Crippen LogP contribution in [-0.2, 0) is 18.9 Å². The van der Waals surface area contributed by atoms with Crippen LogP contribution in [-0.4, -0.2) is 180 Å². The first kappa shape index (κ1) is 72.6. The SMILES string of the molecule is CC(C)(C)C(=O)c1cn2cc(NC(=O)c3ccc(NC(=O)NCCOCCO)cc3)ccc2n1.CN(C)CCOc1ccc2nc(C(=O)C(C)(C)C)cn2c1.COCCOCCOCCNC(=O)Nc1ccc(C(=O)Nc2ccc3nc(C(=O)C(C)(C)C)cn3c2)cc1.